The van der Waals surface area contributed by atoms with Crippen molar-refractivity contribution in [1.82, 2.24) is 14.6 Å². The Balaban J connectivity index is 1.51. The van der Waals surface area contributed by atoms with Crippen molar-refractivity contribution >= 4 is 32.7 Å². The number of hydrogen-bond donors (Lipinski definition) is 2. The van der Waals surface area contributed by atoms with E-state index < -0.39 is 40.4 Å². The van der Waals surface area contributed by atoms with Crippen LogP contribution in [0.1, 0.15) is 45.2 Å². The summed E-state index contributed by atoms with van der Waals surface area (Å²) in [5.74, 6) is -1.70. The first-order chi connectivity index (χ1) is 19.8. The Kier molecular flexibility index (Phi) is 8.95. The molecule has 0 aliphatic rings. The second-order valence-electron chi connectivity index (χ2n) is 10.1. The summed E-state index contributed by atoms with van der Waals surface area (Å²) in [4.78, 5) is 25.5. The zero-order valence-electron chi connectivity index (χ0n) is 23.2. The number of aromatic nitrogens is 1. The second kappa shape index (κ2) is 12.3. The number of halogens is 3. The molecule has 2 amide bonds. The average Bonchev–Trinajstić information content (AvgIpc) is 3.32. The molecule has 0 aliphatic carbocycles. The lowest BCUT2D eigenvalue weighted by Crippen LogP contribution is -2.31. The number of aryl methyl sites for hydroxylation is 1. The van der Waals surface area contributed by atoms with Gasteiger partial charge >= 0.3 is 6.18 Å². The number of amides is 2. The molecule has 1 unspecified atom stereocenters. The first kappa shape index (κ1) is 30.6. The van der Waals surface area contributed by atoms with Gasteiger partial charge in [-0.05, 0) is 60.2 Å². The molecular formula is C30H30F3N3O5S. The van der Waals surface area contributed by atoms with E-state index in [9.17, 15) is 31.2 Å². The fraction of sp³-hybridized carbons (Fsp3) is 0.267. The number of nitrogens with one attached hydrogen (secondary N) is 2. The van der Waals surface area contributed by atoms with Crippen LogP contribution < -0.4 is 14.8 Å². The van der Waals surface area contributed by atoms with Gasteiger partial charge in [0.2, 0.25) is 0 Å². The number of carbonyl (C=O) groups excluding carboxylic acids is 2. The lowest BCUT2D eigenvalue weighted by Gasteiger charge is -2.15. The van der Waals surface area contributed by atoms with Crippen molar-refractivity contribution in [2.24, 2.45) is 5.92 Å². The third kappa shape index (κ3) is 7.30. The van der Waals surface area contributed by atoms with Crippen molar-refractivity contribution in [3.63, 3.8) is 0 Å². The van der Waals surface area contributed by atoms with Crippen LogP contribution in [0, 0.1) is 12.8 Å². The molecule has 0 saturated heterocycles. The van der Waals surface area contributed by atoms with Crippen LogP contribution >= 0.6 is 0 Å². The average molecular weight is 602 g/mol. The predicted molar refractivity (Wildman–Crippen MR) is 152 cm³/mol. The summed E-state index contributed by atoms with van der Waals surface area (Å²) in [5.41, 5.74) is 2.28. The monoisotopic (exact) mass is 601 g/mol. The Hall–Kier alpha value is -4.32. The molecule has 0 aliphatic heterocycles. The predicted octanol–water partition coefficient (Wildman–Crippen LogP) is 5.44. The number of methoxy groups -OCH3 is 1. The molecule has 0 bridgehead atoms. The fourth-order valence-corrected chi connectivity index (χ4v) is 5.81. The lowest BCUT2D eigenvalue weighted by atomic mass is 10.1. The van der Waals surface area contributed by atoms with E-state index in [0.717, 1.165) is 5.39 Å². The molecule has 3 aromatic carbocycles. The number of rotatable bonds is 10. The van der Waals surface area contributed by atoms with Crippen LogP contribution in [0.2, 0.25) is 0 Å². The topological polar surface area (TPSA) is 106 Å². The van der Waals surface area contributed by atoms with Gasteiger partial charge in [0.05, 0.1) is 18.6 Å². The second-order valence-corrected chi connectivity index (χ2v) is 11.7. The number of ether oxygens (including phenoxy) is 1. The van der Waals surface area contributed by atoms with Gasteiger partial charge in [0.15, 0.2) is 0 Å². The molecule has 4 rings (SSSR count). The van der Waals surface area contributed by atoms with Crippen molar-refractivity contribution in [3.05, 3.63) is 95.2 Å². The van der Waals surface area contributed by atoms with Gasteiger partial charge in [0.1, 0.15) is 5.75 Å². The normalized spacial score (nSPS) is 12.6. The number of fused-ring (bicyclic) bond motifs is 1. The van der Waals surface area contributed by atoms with Crippen LogP contribution in [-0.2, 0) is 16.6 Å². The molecule has 42 heavy (non-hydrogen) atoms. The molecule has 12 heteroatoms. The van der Waals surface area contributed by atoms with Gasteiger partial charge in [-0.1, -0.05) is 37.3 Å². The van der Waals surface area contributed by atoms with Gasteiger partial charge < -0.3 is 14.6 Å². The third-order valence-corrected chi connectivity index (χ3v) is 8.22. The van der Waals surface area contributed by atoms with E-state index in [-0.39, 0.29) is 17.0 Å². The van der Waals surface area contributed by atoms with E-state index in [4.69, 9.17) is 4.74 Å². The fourth-order valence-electron chi connectivity index (χ4n) is 4.59. The molecule has 0 fully saturated rings. The summed E-state index contributed by atoms with van der Waals surface area (Å²) in [7, 11) is -2.66. The van der Waals surface area contributed by atoms with Gasteiger partial charge in [0.25, 0.3) is 21.8 Å². The van der Waals surface area contributed by atoms with Gasteiger partial charge in [-0.25, -0.2) is 13.1 Å². The van der Waals surface area contributed by atoms with Crippen molar-refractivity contribution in [2.45, 2.75) is 37.9 Å². The summed E-state index contributed by atoms with van der Waals surface area (Å²) >= 11 is 0. The van der Waals surface area contributed by atoms with E-state index in [1.165, 1.54) is 32.2 Å². The summed E-state index contributed by atoms with van der Waals surface area (Å²) in [5, 5.41) is 3.40. The Bertz CT molecular complexity index is 1730. The molecule has 4 aromatic rings. The number of carbonyl (C=O) groups is 2. The molecule has 1 atom stereocenters. The maximum absolute atomic E-state index is 12.8. The number of hydrogen-bond acceptors (Lipinski definition) is 5. The van der Waals surface area contributed by atoms with E-state index in [2.05, 4.69) is 10.0 Å². The van der Waals surface area contributed by atoms with Crippen LogP contribution in [-0.4, -0.2) is 44.6 Å². The Labute approximate surface area is 241 Å². The maximum Gasteiger partial charge on any atom is 0.389 e. The minimum absolute atomic E-state index is 0.00490. The summed E-state index contributed by atoms with van der Waals surface area (Å²) in [6, 6.07) is 17.8. The highest BCUT2D eigenvalue weighted by Gasteiger charge is 2.30. The van der Waals surface area contributed by atoms with Gasteiger partial charge in [0, 0.05) is 41.4 Å². The van der Waals surface area contributed by atoms with Gasteiger partial charge in [-0.3, -0.25) is 9.59 Å². The zero-order valence-corrected chi connectivity index (χ0v) is 24.0. The quantitative estimate of drug-likeness (QED) is 0.252. The summed E-state index contributed by atoms with van der Waals surface area (Å²) in [6.45, 7) is 3.24. The molecule has 0 radical (unpaired) electrons. The smallest absolute Gasteiger partial charge is 0.389 e. The first-order valence-corrected chi connectivity index (χ1v) is 14.5. The molecule has 1 heterocycles. The summed E-state index contributed by atoms with van der Waals surface area (Å²) < 4.78 is 72.8. The number of sulfonamides is 1. The number of nitrogens with zero attached hydrogens (tertiary/aromatic N) is 1. The largest absolute Gasteiger partial charge is 0.496 e. The minimum atomic E-state index is -4.30. The van der Waals surface area contributed by atoms with E-state index >= 15 is 0 Å². The van der Waals surface area contributed by atoms with Gasteiger partial charge in [-0.15, -0.1) is 0 Å². The van der Waals surface area contributed by atoms with Crippen LogP contribution in [0.25, 0.3) is 10.9 Å². The van der Waals surface area contributed by atoms with Crippen LogP contribution in [0.4, 0.5) is 13.2 Å². The highest BCUT2D eigenvalue weighted by molar-refractivity contribution is 7.90. The maximum atomic E-state index is 12.8. The standard InChI is InChI=1S/C30H30F3N3O5S/c1-19(16-30(31,32)33)17-34-28(37)22-9-8-21-12-13-36(25(21)14-22)18-24-11-10-23(15-26(24)41-3)29(38)35-42(39,40)27-7-5-4-6-20(27)2/h4-15,19H,16-18H2,1-3H3,(H,34,37)(H,35,38). The van der Waals surface area contributed by atoms with Crippen LogP contribution in [0.3, 0.4) is 0 Å². The molecule has 2 N–H and O–H groups in total. The Morgan fingerprint density at radius 1 is 0.976 bits per heavy atom. The number of alkyl halides is 3. The molecule has 8 nitrogen and oxygen atoms in total. The van der Waals surface area contributed by atoms with Gasteiger partial charge in [-0.2, -0.15) is 13.2 Å². The first-order valence-electron chi connectivity index (χ1n) is 13.0. The SMILES string of the molecule is COc1cc(C(=O)NS(=O)(=O)c2ccccc2C)ccc1Cn1ccc2ccc(C(=O)NCC(C)CC(F)(F)F)cc21. The zero-order chi connectivity index (χ0) is 30.7. The van der Waals surface area contributed by atoms with Crippen molar-refractivity contribution in [2.75, 3.05) is 13.7 Å². The Morgan fingerprint density at radius 2 is 1.67 bits per heavy atom. The van der Waals surface area contributed by atoms with Crippen LogP contribution in [0.5, 0.6) is 5.75 Å². The summed E-state index contributed by atoms with van der Waals surface area (Å²) in [6.07, 6.45) is -3.47. The molecule has 1 aromatic heterocycles. The van der Waals surface area contributed by atoms with Crippen molar-refractivity contribution < 1.29 is 35.9 Å². The highest BCUT2D eigenvalue weighted by atomic mass is 32.2. The van der Waals surface area contributed by atoms with Crippen molar-refractivity contribution in [1.29, 1.82) is 0 Å². The van der Waals surface area contributed by atoms with Crippen molar-refractivity contribution in [3.8, 4) is 5.75 Å². The Morgan fingerprint density at radius 3 is 2.36 bits per heavy atom. The van der Waals surface area contributed by atoms with Crippen LogP contribution in [0.15, 0.2) is 77.8 Å². The van der Waals surface area contributed by atoms with E-state index in [1.54, 1.807) is 49.4 Å². The molecule has 222 valence electrons. The van der Waals surface area contributed by atoms with E-state index in [0.29, 0.717) is 34.5 Å². The highest BCUT2D eigenvalue weighted by Crippen LogP contribution is 2.26. The number of benzene rings is 3. The molecule has 0 saturated carbocycles. The lowest BCUT2D eigenvalue weighted by molar-refractivity contribution is -0.142. The van der Waals surface area contributed by atoms with E-state index in [1.807, 2.05) is 16.8 Å². The molecular weight excluding hydrogens is 571 g/mol. The third-order valence-electron chi connectivity index (χ3n) is 6.73. The minimum Gasteiger partial charge on any atom is -0.496 e. The molecule has 0 spiro atoms.